The van der Waals surface area contributed by atoms with Crippen molar-refractivity contribution in [1.29, 1.82) is 0 Å². The number of hydrogen-bond acceptors (Lipinski definition) is 3. The third-order valence-corrected chi connectivity index (χ3v) is 2.54. The Bertz CT molecular complexity index is 366. The van der Waals surface area contributed by atoms with Crippen LogP contribution in [0.1, 0.15) is 18.5 Å². The van der Waals surface area contributed by atoms with Gasteiger partial charge in [-0.05, 0) is 23.7 Å². The van der Waals surface area contributed by atoms with Gasteiger partial charge < -0.3 is 10.7 Å². The van der Waals surface area contributed by atoms with Crippen molar-refractivity contribution in [2.75, 3.05) is 10.2 Å². The minimum absolute atomic E-state index is 0.257. The molecule has 78 valence electrons. The van der Waals surface area contributed by atoms with Crippen molar-refractivity contribution >= 4 is 28.4 Å². The molecule has 0 spiro atoms. The van der Waals surface area contributed by atoms with Gasteiger partial charge in [0.25, 0.3) is 0 Å². The van der Waals surface area contributed by atoms with Crippen molar-refractivity contribution in [1.82, 2.24) is 9.97 Å². The van der Waals surface area contributed by atoms with E-state index in [1.165, 1.54) is 0 Å². The van der Waals surface area contributed by atoms with Gasteiger partial charge in [0.1, 0.15) is 0 Å². The molecule has 14 heavy (non-hydrogen) atoms. The Morgan fingerprint density at radius 3 is 2.86 bits per heavy atom. The third-order valence-electron chi connectivity index (χ3n) is 1.78. The van der Waals surface area contributed by atoms with Crippen LogP contribution < -0.4 is 11.4 Å². The maximum Gasteiger partial charge on any atom is 0.347 e. The molecule has 4 nitrogen and oxygen atoms in total. The smallest absolute Gasteiger partial charge is 0.347 e. The number of nitrogens with two attached hydrogens (primary N) is 1. The number of nitrogen functional groups attached to an aromatic ring is 1. The van der Waals surface area contributed by atoms with Crippen LogP contribution in [0.4, 0.5) is 10.2 Å². The highest BCUT2D eigenvalue weighted by Crippen LogP contribution is 2.10. The molecule has 0 atom stereocenters. The molecule has 0 fully saturated rings. The van der Waals surface area contributed by atoms with Crippen molar-refractivity contribution in [3.8, 4) is 0 Å². The molecule has 0 saturated carbocycles. The Hall–Kier alpha value is -0.660. The van der Waals surface area contributed by atoms with E-state index in [1.807, 2.05) is 0 Å². The first-order valence-electron chi connectivity index (χ1n) is 4.25. The van der Waals surface area contributed by atoms with Gasteiger partial charge in [0.05, 0.1) is 5.69 Å². The first kappa shape index (κ1) is 11.4. The number of aryl methyl sites for hydroxylation is 1. The zero-order valence-electron chi connectivity index (χ0n) is 7.52. The van der Waals surface area contributed by atoms with E-state index in [0.29, 0.717) is 6.42 Å². The lowest BCUT2D eigenvalue weighted by atomic mass is 10.2. The van der Waals surface area contributed by atoms with Crippen LogP contribution in [0, 0.1) is 5.82 Å². The summed E-state index contributed by atoms with van der Waals surface area (Å²) in [4.78, 5) is 16.5. The van der Waals surface area contributed by atoms with E-state index in [2.05, 4.69) is 32.6 Å². The van der Waals surface area contributed by atoms with Crippen LogP contribution in [0.25, 0.3) is 0 Å². The summed E-state index contributed by atoms with van der Waals surface area (Å²) < 4.78 is 14.3. The van der Waals surface area contributed by atoms with Gasteiger partial charge in [0, 0.05) is 0 Å². The van der Waals surface area contributed by atoms with E-state index >= 15 is 0 Å². The molecule has 0 aliphatic heterocycles. The fourth-order valence-electron chi connectivity index (χ4n) is 1.09. The van der Waals surface area contributed by atoms with Gasteiger partial charge >= 0.3 is 5.69 Å². The van der Waals surface area contributed by atoms with E-state index in [-0.39, 0.29) is 11.5 Å². The summed E-state index contributed by atoms with van der Waals surface area (Å²) in [6.45, 7) is 0. The second kappa shape index (κ2) is 5.28. The average Bonchev–Trinajstić information content (AvgIpc) is 2.13. The van der Waals surface area contributed by atoms with E-state index in [0.717, 1.165) is 17.3 Å². The molecule has 1 rings (SSSR count). The van der Waals surface area contributed by atoms with E-state index < -0.39 is 11.5 Å². The van der Waals surface area contributed by atoms with Crippen molar-refractivity contribution in [3.63, 3.8) is 0 Å². The molecule has 6 heteroatoms. The first-order valence-corrected chi connectivity index (χ1v) is 5.78. The number of aromatic amines is 1. The van der Waals surface area contributed by atoms with Crippen molar-refractivity contribution in [2.24, 2.45) is 0 Å². The van der Waals surface area contributed by atoms with Gasteiger partial charge in [0.15, 0.2) is 11.6 Å². The monoisotopic (exact) mass is 311 g/mol. The van der Waals surface area contributed by atoms with Gasteiger partial charge in [0.2, 0.25) is 0 Å². The van der Waals surface area contributed by atoms with E-state index in [9.17, 15) is 9.18 Å². The summed E-state index contributed by atoms with van der Waals surface area (Å²) in [6, 6.07) is 0. The van der Waals surface area contributed by atoms with Crippen molar-refractivity contribution in [2.45, 2.75) is 19.3 Å². The van der Waals surface area contributed by atoms with Gasteiger partial charge in [-0.2, -0.15) is 4.98 Å². The topological polar surface area (TPSA) is 71.8 Å². The van der Waals surface area contributed by atoms with Crippen LogP contribution in [-0.2, 0) is 6.42 Å². The van der Waals surface area contributed by atoms with Crippen LogP contribution in [0.2, 0.25) is 0 Å². The first-order chi connectivity index (χ1) is 6.65. The quantitative estimate of drug-likeness (QED) is 0.499. The lowest BCUT2D eigenvalue weighted by molar-refractivity contribution is 0.586. The molecule has 0 amide bonds. The number of halogens is 2. The summed E-state index contributed by atoms with van der Waals surface area (Å²) in [7, 11) is 0. The molecular weight excluding hydrogens is 300 g/mol. The van der Waals surface area contributed by atoms with Crippen LogP contribution in [-0.4, -0.2) is 14.4 Å². The SMILES string of the molecule is Nc1nc(=O)[nH]c(CCCCI)c1F. The largest absolute Gasteiger partial charge is 0.381 e. The minimum atomic E-state index is -0.599. The average molecular weight is 311 g/mol. The lowest BCUT2D eigenvalue weighted by Gasteiger charge is -2.02. The van der Waals surface area contributed by atoms with Gasteiger partial charge in [-0.25, -0.2) is 9.18 Å². The summed E-state index contributed by atoms with van der Waals surface area (Å²) >= 11 is 2.25. The normalized spacial score (nSPS) is 10.4. The summed E-state index contributed by atoms with van der Waals surface area (Å²) in [5, 5.41) is 0. The zero-order chi connectivity index (χ0) is 10.6. The summed E-state index contributed by atoms with van der Waals surface area (Å²) in [6.07, 6.45) is 2.32. The number of anilines is 1. The number of rotatable bonds is 4. The molecule has 0 radical (unpaired) electrons. The van der Waals surface area contributed by atoms with Gasteiger partial charge in [-0.3, -0.25) is 0 Å². The van der Waals surface area contributed by atoms with Crippen LogP contribution in [0.15, 0.2) is 4.79 Å². The number of nitrogens with one attached hydrogen (secondary N) is 1. The Morgan fingerprint density at radius 1 is 1.50 bits per heavy atom. The summed E-state index contributed by atoms with van der Waals surface area (Å²) in [5.41, 5.74) is 4.89. The maximum atomic E-state index is 13.2. The second-order valence-corrected chi connectivity index (χ2v) is 3.94. The predicted molar refractivity (Wildman–Crippen MR) is 61.1 cm³/mol. The number of H-pyrrole nitrogens is 1. The Balaban J connectivity index is 2.80. The van der Waals surface area contributed by atoms with Gasteiger partial charge in [-0.15, -0.1) is 0 Å². The zero-order valence-corrected chi connectivity index (χ0v) is 9.67. The number of nitrogens with zero attached hydrogens (tertiary/aromatic N) is 1. The fourth-order valence-corrected chi connectivity index (χ4v) is 1.63. The molecule has 0 aliphatic rings. The molecule has 0 aromatic carbocycles. The predicted octanol–water partition coefficient (Wildman–Crippen LogP) is 1.25. The summed E-state index contributed by atoms with van der Waals surface area (Å²) in [5.74, 6) is -0.920. The number of hydrogen-bond donors (Lipinski definition) is 2. The fraction of sp³-hybridized carbons (Fsp3) is 0.500. The van der Waals surface area contributed by atoms with Crippen LogP contribution in [0.5, 0.6) is 0 Å². The lowest BCUT2D eigenvalue weighted by Crippen LogP contribution is -2.17. The molecule has 0 saturated heterocycles. The van der Waals surface area contributed by atoms with Gasteiger partial charge in [-0.1, -0.05) is 22.6 Å². The van der Waals surface area contributed by atoms with Crippen LogP contribution >= 0.6 is 22.6 Å². The Kier molecular flexibility index (Phi) is 4.30. The highest BCUT2D eigenvalue weighted by molar-refractivity contribution is 14.1. The Labute approximate surface area is 94.3 Å². The second-order valence-electron chi connectivity index (χ2n) is 2.87. The molecule has 1 aromatic rings. The molecule has 0 bridgehead atoms. The molecule has 0 unspecified atom stereocenters. The number of unbranched alkanes of at least 4 members (excludes halogenated alkanes) is 1. The van der Waals surface area contributed by atoms with E-state index in [4.69, 9.17) is 5.73 Å². The van der Waals surface area contributed by atoms with Crippen LogP contribution in [0.3, 0.4) is 0 Å². The number of aromatic nitrogens is 2. The minimum Gasteiger partial charge on any atom is -0.381 e. The van der Waals surface area contributed by atoms with Crippen molar-refractivity contribution < 1.29 is 4.39 Å². The van der Waals surface area contributed by atoms with Crippen molar-refractivity contribution in [3.05, 3.63) is 22.0 Å². The standard InChI is InChI=1S/C8H11FIN3O/c9-6-5(3-1-2-4-10)12-8(14)13-7(6)11/h1-4H2,(H3,11,12,13,14). The molecule has 3 N–H and O–H groups in total. The Morgan fingerprint density at radius 2 is 2.21 bits per heavy atom. The molecular formula is C8H11FIN3O. The molecule has 1 aromatic heterocycles. The van der Waals surface area contributed by atoms with E-state index in [1.54, 1.807) is 0 Å². The molecule has 1 heterocycles. The maximum absolute atomic E-state index is 13.2. The molecule has 0 aliphatic carbocycles. The highest BCUT2D eigenvalue weighted by atomic mass is 127. The highest BCUT2D eigenvalue weighted by Gasteiger charge is 2.08. The number of alkyl halides is 1. The third kappa shape index (κ3) is 2.93.